The van der Waals surface area contributed by atoms with Crippen molar-refractivity contribution in [3.05, 3.63) is 18.0 Å². The average Bonchev–Trinajstić information content (AvgIpc) is 2.94. The van der Waals surface area contributed by atoms with Gasteiger partial charge >= 0.3 is 0 Å². The molecule has 1 saturated carbocycles. The van der Waals surface area contributed by atoms with Crippen molar-refractivity contribution < 1.29 is 9.53 Å². The molecule has 1 aliphatic carbocycles. The van der Waals surface area contributed by atoms with Crippen LogP contribution >= 0.6 is 0 Å². The first-order valence-corrected chi connectivity index (χ1v) is 7.77. The second kappa shape index (κ2) is 7.58. The molecular formula is C16H26N2O2. The fourth-order valence-electron chi connectivity index (χ4n) is 2.79. The fraction of sp³-hybridized carbons (Fsp3) is 0.750. The molecule has 112 valence electrons. The quantitative estimate of drug-likeness (QED) is 0.768. The van der Waals surface area contributed by atoms with Crippen molar-refractivity contribution in [2.75, 3.05) is 7.11 Å². The highest BCUT2D eigenvalue weighted by molar-refractivity contribution is 5.80. The topological polar surface area (TPSA) is 44.1 Å². The molecule has 20 heavy (non-hydrogen) atoms. The van der Waals surface area contributed by atoms with Crippen LogP contribution in [0.5, 0.6) is 0 Å². The first kappa shape index (κ1) is 15.2. The molecule has 1 fully saturated rings. The van der Waals surface area contributed by atoms with E-state index in [4.69, 9.17) is 4.74 Å². The zero-order valence-electron chi connectivity index (χ0n) is 12.7. The average molecular weight is 278 g/mol. The van der Waals surface area contributed by atoms with E-state index in [0.29, 0.717) is 18.9 Å². The Kier molecular flexibility index (Phi) is 5.77. The standard InChI is InChI=1S/C16H26N2O2/c1-13(20-2)8-9-16(19)12-14-10-11-18(17-14)15-6-4-3-5-7-15/h10-11,13,15H,3-9,12H2,1-2H3. The Labute approximate surface area is 121 Å². The summed E-state index contributed by atoms with van der Waals surface area (Å²) in [7, 11) is 1.68. The SMILES string of the molecule is COC(C)CCC(=O)Cc1ccn(C2CCCCC2)n1. The van der Waals surface area contributed by atoms with Crippen molar-refractivity contribution in [1.29, 1.82) is 0 Å². The van der Waals surface area contributed by atoms with Crippen LogP contribution in [0.4, 0.5) is 0 Å². The molecule has 0 bridgehead atoms. The number of ketones is 1. The highest BCUT2D eigenvalue weighted by Gasteiger charge is 2.16. The van der Waals surface area contributed by atoms with Crippen LogP contribution in [0.15, 0.2) is 12.3 Å². The molecule has 0 aromatic carbocycles. The maximum atomic E-state index is 11.9. The number of Topliss-reactive ketones (excluding diaryl/α,β-unsaturated/α-hetero) is 1. The predicted molar refractivity (Wildman–Crippen MR) is 78.8 cm³/mol. The summed E-state index contributed by atoms with van der Waals surface area (Å²) in [5.74, 6) is 0.253. The lowest BCUT2D eigenvalue weighted by Crippen LogP contribution is -2.14. The molecule has 0 saturated heterocycles. The van der Waals surface area contributed by atoms with Gasteiger partial charge in [0.05, 0.1) is 24.3 Å². The lowest BCUT2D eigenvalue weighted by Gasteiger charge is -2.21. The molecular weight excluding hydrogens is 252 g/mol. The summed E-state index contributed by atoms with van der Waals surface area (Å²) in [6.45, 7) is 1.99. The Morgan fingerprint density at radius 1 is 1.45 bits per heavy atom. The van der Waals surface area contributed by atoms with E-state index < -0.39 is 0 Å². The van der Waals surface area contributed by atoms with Crippen LogP contribution in [0.3, 0.4) is 0 Å². The molecule has 1 aliphatic rings. The molecule has 0 aliphatic heterocycles. The van der Waals surface area contributed by atoms with Gasteiger partial charge in [-0.15, -0.1) is 0 Å². The summed E-state index contributed by atoms with van der Waals surface area (Å²) in [5.41, 5.74) is 0.908. The summed E-state index contributed by atoms with van der Waals surface area (Å²) >= 11 is 0. The van der Waals surface area contributed by atoms with Gasteiger partial charge < -0.3 is 4.74 Å². The van der Waals surface area contributed by atoms with E-state index in [9.17, 15) is 4.79 Å². The monoisotopic (exact) mass is 278 g/mol. The van der Waals surface area contributed by atoms with E-state index in [1.807, 2.05) is 19.2 Å². The van der Waals surface area contributed by atoms with Gasteiger partial charge in [0.2, 0.25) is 0 Å². The number of hydrogen-bond acceptors (Lipinski definition) is 3. The minimum Gasteiger partial charge on any atom is -0.382 e. The Balaban J connectivity index is 1.81. The smallest absolute Gasteiger partial charge is 0.139 e. The first-order valence-electron chi connectivity index (χ1n) is 7.77. The summed E-state index contributed by atoms with van der Waals surface area (Å²) in [4.78, 5) is 11.9. The van der Waals surface area contributed by atoms with Gasteiger partial charge in [0.1, 0.15) is 5.78 Å². The van der Waals surface area contributed by atoms with Crippen LogP contribution in [0.25, 0.3) is 0 Å². The summed E-state index contributed by atoms with van der Waals surface area (Å²) in [6.07, 6.45) is 10.4. The number of carbonyl (C=O) groups is 1. The van der Waals surface area contributed by atoms with E-state index in [-0.39, 0.29) is 11.9 Å². The van der Waals surface area contributed by atoms with E-state index in [1.54, 1.807) is 7.11 Å². The third-order valence-corrected chi connectivity index (χ3v) is 4.22. The number of carbonyl (C=O) groups excluding carboxylic acids is 1. The van der Waals surface area contributed by atoms with E-state index in [0.717, 1.165) is 12.1 Å². The van der Waals surface area contributed by atoms with Crippen molar-refractivity contribution >= 4 is 5.78 Å². The van der Waals surface area contributed by atoms with Crippen molar-refractivity contribution in [1.82, 2.24) is 9.78 Å². The minimum atomic E-state index is 0.152. The Morgan fingerprint density at radius 3 is 2.90 bits per heavy atom. The van der Waals surface area contributed by atoms with Gasteiger partial charge in [-0.1, -0.05) is 19.3 Å². The molecule has 2 rings (SSSR count). The van der Waals surface area contributed by atoms with E-state index in [2.05, 4.69) is 9.78 Å². The molecule has 1 aromatic heterocycles. The highest BCUT2D eigenvalue weighted by atomic mass is 16.5. The van der Waals surface area contributed by atoms with Gasteiger partial charge in [0, 0.05) is 19.7 Å². The Bertz CT molecular complexity index is 422. The van der Waals surface area contributed by atoms with Crippen LogP contribution in [-0.4, -0.2) is 28.8 Å². The Morgan fingerprint density at radius 2 is 2.20 bits per heavy atom. The van der Waals surface area contributed by atoms with Crippen molar-refractivity contribution in [2.24, 2.45) is 0 Å². The number of nitrogens with zero attached hydrogens (tertiary/aromatic N) is 2. The molecule has 1 unspecified atom stereocenters. The minimum absolute atomic E-state index is 0.152. The maximum Gasteiger partial charge on any atom is 0.139 e. The van der Waals surface area contributed by atoms with E-state index in [1.165, 1.54) is 32.1 Å². The third-order valence-electron chi connectivity index (χ3n) is 4.22. The van der Waals surface area contributed by atoms with Crippen LogP contribution in [-0.2, 0) is 16.0 Å². The molecule has 0 amide bonds. The van der Waals surface area contributed by atoms with Crippen molar-refractivity contribution in [3.63, 3.8) is 0 Å². The van der Waals surface area contributed by atoms with Gasteiger partial charge in [-0.05, 0) is 32.3 Å². The molecule has 1 atom stereocenters. The highest BCUT2D eigenvalue weighted by Crippen LogP contribution is 2.27. The van der Waals surface area contributed by atoms with E-state index >= 15 is 0 Å². The van der Waals surface area contributed by atoms with Gasteiger partial charge in [-0.25, -0.2) is 0 Å². The zero-order chi connectivity index (χ0) is 14.4. The maximum absolute atomic E-state index is 11.9. The first-order chi connectivity index (χ1) is 9.69. The van der Waals surface area contributed by atoms with Gasteiger partial charge in [-0.3, -0.25) is 9.48 Å². The van der Waals surface area contributed by atoms with Crippen molar-refractivity contribution in [3.8, 4) is 0 Å². The number of hydrogen-bond donors (Lipinski definition) is 0. The van der Waals surface area contributed by atoms with Gasteiger partial charge in [-0.2, -0.15) is 5.10 Å². The fourth-order valence-corrected chi connectivity index (χ4v) is 2.79. The van der Waals surface area contributed by atoms with Gasteiger partial charge in [0.15, 0.2) is 0 Å². The summed E-state index contributed by atoms with van der Waals surface area (Å²) in [6, 6.07) is 2.54. The molecule has 0 spiro atoms. The second-order valence-electron chi connectivity index (χ2n) is 5.88. The van der Waals surface area contributed by atoms with Crippen LogP contribution in [0.1, 0.15) is 63.6 Å². The number of aromatic nitrogens is 2. The van der Waals surface area contributed by atoms with Crippen LogP contribution < -0.4 is 0 Å². The third kappa shape index (κ3) is 4.44. The molecule has 4 nitrogen and oxygen atoms in total. The Hall–Kier alpha value is -1.16. The molecule has 1 heterocycles. The lowest BCUT2D eigenvalue weighted by molar-refractivity contribution is -0.119. The second-order valence-corrected chi connectivity index (χ2v) is 5.88. The normalized spacial score (nSPS) is 18.1. The molecule has 4 heteroatoms. The molecule has 0 N–H and O–H groups in total. The number of methoxy groups -OCH3 is 1. The summed E-state index contributed by atoms with van der Waals surface area (Å²) in [5, 5.41) is 4.59. The van der Waals surface area contributed by atoms with Crippen LogP contribution in [0, 0.1) is 0 Å². The van der Waals surface area contributed by atoms with Crippen LogP contribution in [0.2, 0.25) is 0 Å². The largest absolute Gasteiger partial charge is 0.382 e. The zero-order valence-corrected chi connectivity index (χ0v) is 12.7. The predicted octanol–water partition coefficient (Wildman–Crippen LogP) is 3.32. The van der Waals surface area contributed by atoms with Crippen molar-refractivity contribution in [2.45, 2.75) is 70.4 Å². The number of rotatable bonds is 7. The molecule has 1 aromatic rings. The molecule has 0 radical (unpaired) electrons. The van der Waals surface area contributed by atoms with Gasteiger partial charge in [0.25, 0.3) is 0 Å². The number of ether oxygens (including phenoxy) is 1. The lowest BCUT2D eigenvalue weighted by atomic mass is 9.96. The summed E-state index contributed by atoms with van der Waals surface area (Å²) < 4.78 is 7.23.